The highest BCUT2D eigenvalue weighted by Crippen LogP contribution is 2.33. The number of nitrogens with one attached hydrogen (secondary N) is 1. The van der Waals surface area contributed by atoms with Gasteiger partial charge in [-0.05, 0) is 46.1 Å². The van der Waals surface area contributed by atoms with Crippen LogP contribution in [0.4, 0.5) is 0 Å². The van der Waals surface area contributed by atoms with E-state index in [1.54, 1.807) is 18.4 Å². The topological polar surface area (TPSA) is 30.5 Å². The molecule has 2 aromatic rings. The zero-order chi connectivity index (χ0) is 14.4. The first kappa shape index (κ1) is 15.5. The van der Waals surface area contributed by atoms with E-state index in [-0.39, 0.29) is 6.04 Å². The van der Waals surface area contributed by atoms with Crippen LogP contribution in [-0.4, -0.2) is 27.4 Å². The lowest BCUT2D eigenvalue weighted by Gasteiger charge is -2.19. The van der Waals surface area contributed by atoms with Crippen molar-refractivity contribution >= 4 is 27.3 Å². The maximum Gasteiger partial charge on any atom is 0.124 e. The fourth-order valence-electron chi connectivity index (χ4n) is 2.06. The van der Waals surface area contributed by atoms with Gasteiger partial charge in [0.2, 0.25) is 0 Å². The fourth-order valence-corrected chi connectivity index (χ4v) is 3.26. The summed E-state index contributed by atoms with van der Waals surface area (Å²) in [5.41, 5.74) is 2.36. The van der Waals surface area contributed by atoms with Crippen LogP contribution in [0.3, 0.4) is 0 Å². The van der Waals surface area contributed by atoms with Crippen LogP contribution in [-0.2, 0) is 4.74 Å². The Labute approximate surface area is 132 Å². The standard InChI is InChI=1S/C15H18BrNO2S/c1-17-15(11-9-14(16)20-10-11)12-5-3-4-6-13(12)19-8-7-18-2/h3-6,9-10,15,17H,7-8H2,1-2H3. The maximum absolute atomic E-state index is 5.82. The minimum absolute atomic E-state index is 0.122. The van der Waals surface area contributed by atoms with Gasteiger partial charge in [0.25, 0.3) is 0 Å². The third kappa shape index (κ3) is 3.82. The third-order valence-electron chi connectivity index (χ3n) is 2.98. The Hall–Kier alpha value is -0.880. The molecule has 3 nitrogen and oxygen atoms in total. The molecule has 0 saturated heterocycles. The molecule has 0 spiro atoms. The van der Waals surface area contributed by atoms with E-state index in [0.717, 1.165) is 15.1 Å². The SMILES string of the molecule is CNC(c1csc(Br)c1)c1ccccc1OCCOC. The van der Waals surface area contributed by atoms with Crippen molar-refractivity contribution in [3.63, 3.8) is 0 Å². The van der Waals surface area contributed by atoms with E-state index in [1.165, 1.54) is 5.56 Å². The van der Waals surface area contributed by atoms with Crippen LogP contribution >= 0.6 is 27.3 Å². The second kappa shape index (κ2) is 7.78. The highest BCUT2D eigenvalue weighted by atomic mass is 79.9. The van der Waals surface area contributed by atoms with Crippen molar-refractivity contribution in [3.05, 3.63) is 50.6 Å². The maximum atomic E-state index is 5.82. The van der Waals surface area contributed by atoms with Crippen molar-refractivity contribution in [3.8, 4) is 5.75 Å². The molecule has 108 valence electrons. The minimum Gasteiger partial charge on any atom is -0.491 e. The lowest BCUT2D eigenvalue weighted by Crippen LogP contribution is -2.18. The van der Waals surface area contributed by atoms with Gasteiger partial charge >= 0.3 is 0 Å². The Bertz CT molecular complexity index is 544. The molecule has 0 fully saturated rings. The van der Waals surface area contributed by atoms with Gasteiger partial charge < -0.3 is 14.8 Å². The van der Waals surface area contributed by atoms with Gasteiger partial charge in [-0.3, -0.25) is 0 Å². The van der Waals surface area contributed by atoms with Crippen LogP contribution in [0, 0.1) is 0 Å². The van der Waals surface area contributed by atoms with E-state index >= 15 is 0 Å². The Kier molecular flexibility index (Phi) is 6.04. The van der Waals surface area contributed by atoms with E-state index in [2.05, 4.69) is 38.8 Å². The first-order valence-corrected chi connectivity index (χ1v) is 8.05. The molecule has 20 heavy (non-hydrogen) atoms. The summed E-state index contributed by atoms with van der Waals surface area (Å²) in [7, 11) is 3.64. The summed E-state index contributed by atoms with van der Waals surface area (Å²) in [6.07, 6.45) is 0. The lowest BCUT2D eigenvalue weighted by atomic mass is 10.0. The number of hydrogen-bond donors (Lipinski definition) is 1. The van der Waals surface area contributed by atoms with Gasteiger partial charge in [-0.2, -0.15) is 0 Å². The van der Waals surface area contributed by atoms with Gasteiger partial charge in [0.15, 0.2) is 0 Å². The van der Waals surface area contributed by atoms with E-state index in [1.807, 2.05) is 25.2 Å². The van der Waals surface area contributed by atoms with Crippen molar-refractivity contribution in [1.29, 1.82) is 0 Å². The Morgan fingerprint density at radius 3 is 2.75 bits per heavy atom. The van der Waals surface area contributed by atoms with E-state index in [4.69, 9.17) is 9.47 Å². The molecule has 0 aliphatic heterocycles. The van der Waals surface area contributed by atoms with Gasteiger partial charge in [-0.25, -0.2) is 0 Å². The van der Waals surface area contributed by atoms with E-state index in [9.17, 15) is 0 Å². The second-order valence-electron chi connectivity index (χ2n) is 4.28. The van der Waals surface area contributed by atoms with Gasteiger partial charge in [0.1, 0.15) is 12.4 Å². The predicted molar refractivity (Wildman–Crippen MR) is 86.7 cm³/mol. The summed E-state index contributed by atoms with van der Waals surface area (Å²) in [4.78, 5) is 0. The zero-order valence-corrected chi connectivity index (χ0v) is 14.0. The van der Waals surface area contributed by atoms with Crippen molar-refractivity contribution in [2.24, 2.45) is 0 Å². The van der Waals surface area contributed by atoms with Crippen LogP contribution in [0.5, 0.6) is 5.75 Å². The largest absolute Gasteiger partial charge is 0.491 e. The average molecular weight is 356 g/mol. The Balaban J connectivity index is 2.25. The summed E-state index contributed by atoms with van der Waals surface area (Å²) in [5.74, 6) is 0.895. The van der Waals surface area contributed by atoms with Crippen molar-refractivity contribution in [2.45, 2.75) is 6.04 Å². The molecule has 0 aliphatic rings. The molecule has 2 rings (SSSR count). The molecule has 1 aromatic carbocycles. The highest BCUT2D eigenvalue weighted by Gasteiger charge is 2.17. The number of hydrogen-bond acceptors (Lipinski definition) is 4. The van der Waals surface area contributed by atoms with Crippen LogP contribution in [0.15, 0.2) is 39.5 Å². The molecule has 1 unspecified atom stereocenters. The van der Waals surface area contributed by atoms with E-state index < -0.39 is 0 Å². The van der Waals surface area contributed by atoms with Crippen molar-refractivity contribution in [2.75, 3.05) is 27.4 Å². The smallest absolute Gasteiger partial charge is 0.124 e. The van der Waals surface area contributed by atoms with Crippen LogP contribution < -0.4 is 10.1 Å². The van der Waals surface area contributed by atoms with Crippen LogP contribution in [0.1, 0.15) is 17.2 Å². The number of halogens is 1. The first-order chi connectivity index (χ1) is 9.76. The summed E-state index contributed by atoms with van der Waals surface area (Å²) in [6, 6.07) is 10.4. The predicted octanol–water partition coefficient (Wildman–Crippen LogP) is 3.84. The Morgan fingerprint density at radius 1 is 1.30 bits per heavy atom. The van der Waals surface area contributed by atoms with Crippen molar-refractivity contribution in [1.82, 2.24) is 5.32 Å². The van der Waals surface area contributed by atoms with Gasteiger partial charge in [-0.15, -0.1) is 11.3 Å². The molecule has 5 heteroatoms. The molecule has 0 bridgehead atoms. The molecule has 1 heterocycles. The number of methoxy groups -OCH3 is 1. The molecule has 0 amide bonds. The third-order valence-corrected chi connectivity index (χ3v) is 4.51. The normalized spacial score (nSPS) is 12.3. The van der Waals surface area contributed by atoms with Crippen LogP contribution in [0.25, 0.3) is 0 Å². The van der Waals surface area contributed by atoms with Crippen LogP contribution in [0.2, 0.25) is 0 Å². The molecule has 0 saturated carbocycles. The molecule has 0 radical (unpaired) electrons. The summed E-state index contributed by atoms with van der Waals surface area (Å²) >= 11 is 5.20. The average Bonchev–Trinajstić information content (AvgIpc) is 2.88. The number of benzene rings is 1. The highest BCUT2D eigenvalue weighted by molar-refractivity contribution is 9.11. The second-order valence-corrected chi connectivity index (χ2v) is 6.58. The molecular formula is C15H18BrNO2S. The fraction of sp³-hybridized carbons (Fsp3) is 0.333. The van der Waals surface area contributed by atoms with Gasteiger partial charge in [0.05, 0.1) is 16.4 Å². The van der Waals surface area contributed by atoms with E-state index in [0.29, 0.717) is 13.2 Å². The Morgan fingerprint density at radius 2 is 2.10 bits per heavy atom. The number of thiophene rings is 1. The molecule has 1 atom stereocenters. The number of ether oxygens (including phenoxy) is 2. The molecule has 1 N–H and O–H groups in total. The molecular weight excluding hydrogens is 338 g/mol. The quantitative estimate of drug-likeness (QED) is 0.765. The molecule has 1 aromatic heterocycles. The molecule has 0 aliphatic carbocycles. The first-order valence-electron chi connectivity index (χ1n) is 6.38. The summed E-state index contributed by atoms with van der Waals surface area (Å²) in [6.45, 7) is 1.14. The van der Waals surface area contributed by atoms with Gasteiger partial charge in [-0.1, -0.05) is 18.2 Å². The van der Waals surface area contributed by atoms with Gasteiger partial charge in [0, 0.05) is 12.7 Å². The number of para-hydroxylation sites is 1. The minimum atomic E-state index is 0.122. The lowest BCUT2D eigenvalue weighted by molar-refractivity contribution is 0.145. The zero-order valence-electron chi connectivity index (χ0n) is 11.6. The monoisotopic (exact) mass is 355 g/mol. The number of rotatable bonds is 7. The summed E-state index contributed by atoms with van der Waals surface area (Å²) < 4.78 is 12.0. The van der Waals surface area contributed by atoms with Crippen molar-refractivity contribution < 1.29 is 9.47 Å². The summed E-state index contributed by atoms with van der Waals surface area (Å²) in [5, 5.41) is 5.50.